The molecule has 1 aromatic carbocycles. The lowest BCUT2D eigenvalue weighted by atomic mass is 9.99. The fourth-order valence-corrected chi connectivity index (χ4v) is 3.56. The van der Waals surface area contributed by atoms with Crippen LogP contribution in [0.1, 0.15) is 22.0 Å². The monoisotopic (exact) mass is 291 g/mol. The quantitative estimate of drug-likeness (QED) is 0.945. The number of thiophene rings is 1. The van der Waals surface area contributed by atoms with Crippen molar-refractivity contribution in [3.05, 3.63) is 57.5 Å². The molecule has 0 saturated heterocycles. The molecule has 0 amide bonds. The highest BCUT2D eigenvalue weighted by Crippen LogP contribution is 2.34. The molecular weight excluding hydrogens is 277 g/mol. The molecule has 0 saturated carbocycles. The Morgan fingerprint density at radius 1 is 1.35 bits per heavy atom. The lowest BCUT2D eigenvalue weighted by Gasteiger charge is -2.33. The standard InChI is InChI=1S/C15H14FNO2S/c16-11-3-1-10(2-4-11)9-17-7-5-13-12(6-8-20-13)14(17)15(18)19/h1-4,6,8,14H,5,7,9H2,(H,18,19). The van der Waals surface area contributed by atoms with Crippen molar-refractivity contribution in [1.29, 1.82) is 0 Å². The maximum atomic E-state index is 12.9. The molecule has 3 rings (SSSR count). The number of fused-ring (bicyclic) bond motifs is 1. The third-order valence-electron chi connectivity index (χ3n) is 3.60. The fraction of sp³-hybridized carbons (Fsp3) is 0.267. The number of hydrogen-bond donors (Lipinski definition) is 1. The predicted octanol–water partition coefficient (Wildman–Crippen LogP) is 3.07. The first-order chi connectivity index (χ1) is 9.65. The average molecular weight is 291 g/mol. The van der Waals surface area contributed by atoms with Gasteiger partial charge in [-0.05, 0) is 41.1 Å². The van der Waals surface area contributed by atoms with Crippen LogP contribution in [0.5, 0.6) is 0 Å². The number of nitrogens with zero attached hydrogens (tertiary/aromatic N) is 1. The summed E-state index contributed by atoms with van der Waals surface area (Å²) in [5, 5.41) is 11.4. The van der Waals surface area contributed by atoms with Crippen LogP contribution in [0.2, 0.25) is 0 Å². The van der Waals surface area contributed by atoms with Crippen molar-refractivity contribution in [3.8, 4) is 0 Å². The van der Waals surface area contributed by atoms with Crippen LogP contribution in [0.25, 0.3) is 0 Å². The topological polar surface area (TPSA) is 40.5 Å². The van der Waals surface area contributed by atoms with Gasteiger partial charge in [-0.2, -0.15) is 0 Å². The molecule has 0 spiro atoms. The van der Waals surface area contributed by atoms with Gasteiger partial charge in [-0.3, -0.25) is 9.69 Å². The number of benzene rings is 1. The minimum absolute atomic E-state index is 0.276. The van der Waals surface area contributed by atoms with E-state index in [0.29, 0.717) is 13.1 Å². The van der Waals surface area contributed by atoms with E-state index < -0.39 is 12.0 Å². The van der Waals surface area contributed by atoms with Gasteiger partial charge in [0.2, 0.25) is 0 Å². The summed E-state index contributed by atoms with van der Waals surface area (Å²) >= 11 is 1.62. The van der Waals surface area contributed by atoms with E-state index in [9.17, 15) is 14.3 Å². The van der Waals surface area contributed by atoms with Crippen molar-refractivity contribution in [3.63, 3.8) is 0 Å². The van der Waals surface area contributed by atoms with Gasteiger partial charge in [0.1, 0.15) is 11.9 Å². The molecular formula is C15H14FNO2S. The molecule has 104 valence electrons. The summed E-state index contributed by atoms with van der Waals surface area (Å²) in [5.41, 5.74) is 1.83. The number of carbonyl (C=O) groups is 1. The van der Waals surface area contributed by atoms with Crippen LogP contribution in [0.15, 0.2) is 35.7 Å². The summed E-state index contributed by atoms with van der Waals surface area (Å²) in [6, 6.07) is 7.52. The number of rotatable bonds is 3. The highest BCUT2D eigenvalue weighted by atomic mass is 32.1. The molecule has 5 heteroatoms. The van der Waals surface area contributed by atoms with Crippen molar-refractivity contribution >= 4 is 17.3 Å². The van der Waals surface area contributed by atoms with E-state index in [-0.39, 0.29) is 5.82 Å². The highest BCUT2D eigenvalue weighted by Gasteiger charge is 2.33. The van der Waals surface area contributed by atoms with Gasteiger partial charge < -0.3 is 5.11 Å². The average Bonchev–Trinajstić information content (AvgIpc) is 2.89. The normalized spacial score (nSPS) is 18.8. The first kappa shape index (κ1) is 13.3. The van der Waals surface area contributed by atoms with E-state index in [1.807, 2.05) is 16.3 Å². The van der Waals surface area contributed by atoms with E-state index in [4.69, 9.17) is 0 Å². The van der Waals surface area contributed by atoms with Crippen LogP contribution in [-0.2, 0) is 17.8 Å². The van der Waals surface area contributed by atoms with Gasteiger partial charge in [0.15, 0.2) is 0 Å². The van der Waals surface area contributed by atoms with Crippen LogP contribution in [0.3, 0.4) is 0 Å². The number of aliphatic carboxylic acids is 1. The van der Waals surface area contributed by atoms with Crippen LogP contribution in [0.4, 0.5) is 4.39 Å². The summed E-state index contributed by atoms with van der Waals surface area (Å²) in [4.78, 5) is 14.7. The van der Waals surface area contributed by atoms with E-state index in [1.165, 1.54) is 12.1 Å². The molecule has 1 aromatic heterocycles. The Balaban J connectivity index is 1.86. The Bertz CT molecular complexity index is 623. The van der Waals surface area contributed by atoms with Gasteiger partial charge in [-0.1, -0.05) is 12.1 Å². The number of carboxylic acids is 1. The van der Waals surface area contributed by atoms with Crippen LogP contribution in [0, 0.1) is 5.82 Å². The Morgan fingerprint density at radius 3 is 2.80 bits per heavy atom. The summed E-state index contributed by atoms with van der Waals surface area (Å²) in [6.07, 6.45) is 0.873. The molecule has 2 aromatic rings. The third-order valence-corrected chi connectivity index (χ3v) is 4.60. The first-order valence-electron chi connectivity index (χ1n) is 6.43. The molecule has 20 heavy (non-hydrogen) atoms. The smallest absolute Gasteiger partial charge is 0.325 e. The minimum Gasteiger partial charge on any atom is -0.480 e. The molecule has 0 aliphatic carbocycles. The van der Waals surface area contributed by atoms with Gasteiger partial charge in [-0.15, -0.1) is 11.3 Å². The molecule has 2 heterocycles. The van der Waals surface area contributed by atoms with Crippen molar-refractivity contribution in [1.82, 2.24) is 4.90 Å². The largest absolute Gasteiger partial charge is 0.480 e. The molecule has 3 nitrogen and oxygen atoms in total. The van der Waals surface area contributed by atoms with Crippen molar-refractivity contribution in [2.24, 2.45) is 0 Å². The molecule has 1 N–H and O–H groups in total. The third kappa shape index (κ3) is 2.46. The van der Waals surface area contributed by atoms with E-state index in [0.717, 1.165) is 22.4 Å². The van der Waals surface area contributed by atoms with Gasteiger partial charge >= 0.3 is 5.97 Å². The summed E-state index contributed by atoms with van der Waals surface area (Å²) < 4.78 is 12.9. The predicted molar refractivity (Wildman–Crippen MR) is 75.2 cm³/mol. The Hall–Kier alpha value is -1.72. The van der Waals surface area contributed by atoms with Crippen molar-refractivity contribution < 1.29 is 14.3 Å². The molecule has 1 atom stereocenters. The zero-order chi connectivity index (χ0) is 14.1. The zero-order valence-corrected chi connectivity index (χ0v) is 11.6. The minimum atomic E-state index is -0.827. The lowest BCUT2D eigenvalue weighted by molar-refractivity contribution is -0.144. The maximum Gasteiger partial charge on any atom is 0.325 e. The van der Waals surface area contributed by atoms with Crippen molar-refractivity contribution in [2.45, 2.75) is 19.0 Å². The SMILES string of the molecule is O=C(O)C1c2ccsc2CCN1Cc1ccc(F)cc1. The number of hydrogen-bond acceptors (Lipinski definition) is 3. The van der Waals surface area contributed by atoms with Gasteiger partial charge in [0, 0.05) is 18.0 Å². The summed E-state index contributed by atoms with van der Waals surface area (Å²) in [5.74, 6) is -1.10. The van der Waals surface area contributed by atoms with Gasteiger partial charge in [0.25, 0.3) is 0 Å². The molecule has 1 aliphatic heterocycles. The molecule has 1 aliphatic rings. The van der Waals surface area contributed by atoms with Gasteiger partial charge in [-0.25, -0.2) is 4.39 Å². The van der Waals surface area contributed by atoms with E-state index >= 15 is 0 Å². The molecule has 1 unspecified atom stereocenters. The van der Waals surface area contributed by atoms with Crippen LogP contribution >= 0.6 is 11.3 Å². The number of carboxylic acid groups (broad SMARTS) is 1. The van der Waals surface area contributed by atoms with E-state index in [1.54, 1.807) is 23.5 Å². The van der Waals surface area contributed by atoms with Crippen molar-refractivity contribution in [2.75, 3.05) is 6.54 Å². The second-order valence-electron chi connectivity index (χ2n) is 4.89. The first-order valence-corrected chi connectivity index (χ1v) is 7.30. The summed E-state index contributed by atoms with van der Waals surface area (Å²) in [6.45, 7) is 1.23. The summed E-state index contributed by atoms with van der Waals surface area (Å²) in [7, 11) is 0. The van der Waals surface area contributed by atoms with Crippen LogP contribution in [-0.4, -0.2) is 22.5 Å². The highest BCUT2D eigenvalue weighted by molar-refractivity contribution is 7.10. The molecule has 0 bridgehead atoms. The lowest BCUT2D eigenvalue weighted by Crippen LogP contribution is -2.38. The van der Waals surface area contributed by atoms with E-state index in [2.05, 4.69) is 0 Å². The van der Waals surface area contributed by atoms with Crippen LogP contribution < -0.4 is 0 Å². The Labute approximate surface area is 120 Å². The maximum absolute atomic E-state index is 12.9. The van der Waals surface area contributed by atoms with Gasteiger partial charge in [0.05, 0.1) is 0 Å². The Kier molecular flexibility index (Phi) is 3.54. The molecule has 0 radical (unpaired) electrons. The molecule has 0 fully saturated rings. The zero-order valence-electron chi connectivity index (χ0n) is 10.8. The number of halogens is 1. The Morgan fingerprint density at radius 2 is 2.10 bits per heavy atom. The fourth-order valence-electron chi connectivity index (χ4n) is 2.65. The second-order valence-corrected chi connectivity index (χ2v) is 5.89. The second kappa shape index (κ2) is 5.34.